The summed E-state index contributed by atoms with van der Waals surface area (Å²) in [6.07, 6.45) is 2.12. The molecule has 19 heavy (non-hydrogen) atoms. The number of guanidine groups is 1. The van der Waals surface area contributed by atoms with Crippen LogP contribution in [-0.4, -0.2) is 42.5 Å². The van der Waals surface area contributed by atoms with Gasteiger partial charge in [0, 0.05) is 23.7 Å². The first-order valence-corrected chi connectivity index (χ1v) is 9.23. The zero-order valence-electron chi connectivity index (χ0n) is 11.9. The Labute approximate surface area is 133 Å². The van der Waals surface area contributed by atoms with Crippen LogP contribution in [0.25, 0.3) is 0 Å². The Kier molecular flexibility index (Phi) is 7.87. The minimum absolute atomic E-state index is 0.554. The number of rotatable bonds is 6. The predicted molar refractivity (Wildman–Crippen MR) is 92.4 cm³/mol. The van der Waals surface area contributed by atoms with Crippen molar-refractivity contribution in [3.8, 4) is 0 Å². The van der Waals surface area contributed by atoms with Gasteiger partial charge in [-0.15, -0.1) is 11.3 Å². The Morgan fingerprint density at radius 2 is 2.32 bits per heavy atom. The summed E-state index contributed by atoms with van der Waals surface area (Å²) in [5, 5.41) is 3.90. The molecule has 1 aromatic heterocycles. The molecule has 1 aromatic rings. The average Bonchev–Trinajstić information content (AvgIpc) is 2.79. The highest BCUT2D eigenvalue weighted by Gasteiger charge is 2.08. The van der Waals surface area contributed by atoms with Gasteiger partial charge in [-0.3, -0.25) is 4.99 Å². The van der Waals surface area contributed by atoms with E-state index in [2.05, 4.69) is 65.4 Å². The number of aliphatic imine (C=N–C) groups is 1. The number of halogens is 1. The van der Waals surface area contributed by atoms with E-state index in [9.17, 15) is 0 Å². The maximum atomic E-state index is 4.69. The predicted octanol–water partition coefficient (Wildman–Crippen LogP) is 3.66. The van der Waals surface area contributed by atoms with Crippen LogP contribution in [0.2, 0.25) is 0 Å². The molecule has 0 aromatic carbocycles. The molecule has 0 amide bonds. The monoisotopic (exact) mass is 363 g/mol. The third-order valence-electron chi connectivity index (χ3n) is 2.62. The smallest absolute Gasteiger partial charge is 0.194 e. The molecule has 0 fully saturated rings. The average molecular weight is 364 g/mol. The summed E-state index contributed by atoms with van der Waals surface area (Å²) in [6.45, 7) is 6.93. The lowest BCUT2D eigenvalue weighted by molar-refractivity contribution is 0.481. The highest BCUT2D eigenvalue weighted by atomic mass is 79.9. The van der Waals surface area contributed by atoms with Crippen molar-refractivity contribution in [2.24, 2.45) is 4.99 Å². The number of nitrogens with zero attached hydrogens (tertiary/aromatic N) is 2. The molecule has 0 aliphatic carbocycles. The van der Waals surface area contributed by atoms with E-state index in [0.29, 0.717) is 5.25 Å². The van der Waals surface area contributed by atoms with Gasteiger partial charge in [-0.2, -0.15) is 11.8 Å². The molecule has 0 bridgehead atoms. The van der Waals surface area contributed by atoms with E-state index < -0.39 is 0 Å². The fourth-order valence-electron chi connectivity index (χ4n) is 1.50. The second-order valence-electron chi connectivity index (χ2n) is 4.30. The van der Waals surface area contributed by atoms with E-state index in [4.69, 9.17) is 4.99 Å². The lowest BCUT2D eigenvalue weighted by Gasteiger charge is -2.21. The summed E-state index contributed by atoms with van der Waals surface area (Å²) >= 11 is 7.12. The van der Waals surface area contributed by atoms with E-state index in [1.165, 1.54) is 8.66 Å². The number of thioether (sulfide) groups is 1. The van der Waals surface area contributed by atoms with Gasteiger partial charge < -0.3 is 10.2 Å². The van der Waals surface area contributed by atoms with Crippen molar-refractivity contribution in [3.05, 3.63) is 20.8 Å². The second-order valence-corrected chi connectivity index (χ2v) is 8.13. The first-order valence-electron chi connectivity index (χ1n) is 6.33. The Balaban J connectivity index is 2.63. The van der Waals surface area contributed by atoms with Gasteiger partial charge in [-0.1, -0.05) is 6.92 Å². The van der Waals surface area contributed by atoms with Crippen LogP contribution < -0.4 is 5.32 Å². The van der Waals surface area contributed by atoms with Crippen LogP contribution in [0.3, 0.4) is 0 Å². The molecule has 1 rings (SSSR count). The number of hydrogen-bond acceptors (Lipinski definition) is 3. The van der Waals surface area contributed by atoms with Crippen LogP contribution in [0.4, 0.5) is 0 Å². The Hall–Kier alpha value is -0.200. The largest absolute Gasteiger partial charge is 0.357 e. The summed E-state index contributed by atoms with van der Waals surface area (Å²) in [4.78, 5) is 8.20. The van der Waals surface area contributed by atoms with Gasteiger partial charge in [0.05, 0.1) is 16.9 Å². The van der Waals surface area contributed by atoms with Crippen LogP contribution in [-0.2, 0) is 6.54 Å². The van der Waals surface area contributed by atoms with Gasteiger partial charge in [0.2, 0.25) is 0 Å². The minimum Gasteiger partial charge on any atom is -0.357 e. The molecule has 0 saturated heterocycles. The van der Waals surface area contributed by atoms with Crippen molar-refractivity contribution in [3.63, 3.8) is 0 Å². The molecule has 0 aliphatic rings. The molecule has 0 aliphatic heterocycles. The standard InChI is InChI=1S/C13H22BrN3S2/c1-5-15-13(16-8-10(2)18-4)17(3)9-11-6-7-12(14)19-11/h6-7,10H,5,8-9H2,1-4H3,(H,15,16). The third kappa shape index (κ3) is 6.19. The van der Waals surface area contributed by atoms with E-state index in [1.54, 1.807) is 11.3 Å². The van der Waals surface area contributed by atoms with E-state index in [0.717, 1.165) is 25.6 Å². The molecular weight excluding hydrogens is 342 g/mol. The van der Waals surface area contributed by atoms with Crippen molar-refractivity contribution < 1.29 is 0 Å². The Morgan fingerprint density at radius 1 is 1.58 bits per heavy atom. The maximum absolute atomic E-state index is 4.69. The fourth-order valence-corrected chi connectivity index (χ4v) is 3.26. The van der Waals surface area contributed by atoms with Crippen molar-refractivity contribution in [2.45, 2.75) is 25.6 Å². The van der Waals surface area contributed by atoms with E-state index >= 15 is 0 Å². The zero-order chi connectivity index (χ0) is 14.3. The first kappa shape index (κ1) is 16.9. The fraction of sp³-hybridized carbons (Fsp3) is 0.615. The number of nitrogens with one attached hydrogen (secondary N) is 1. The van der Waals surface area contributed by atoms with Crippen molar-refractivity contribution in [2.75, 3.05) is 26.4 Å². The molecular formula is C13H22BrN3S2. The second kappa shape index (κ2) is 8.87. The topological polar surface area (TPSA) is 27.6 Å². The van der Waals surface area contributed by atoms with Crippen LogP contribution in [0.5, 0.6) is 0 Å². The molecule has 0 saturated carbocycles. The molecule has 1 unspecified atom stereocenters. The van der Waals surface area contributed by atoms with Gasteiger partial charge in [0.15, 0.2) is 5.96 Å². The molecule has 3 nitrogen and oxygen atoms in total. The molecule has 1 heterocycles. The van der Waals surface area contributed by atoms with E-state index in [-0.39, 0.29) is 0 Å². The summed E-state index contributed by atoms with van der Waals surface area (Å²) in [6, 6.07) is 4.24. The quantitative estimate of drug-likeness (QED) is 0.617. The van der Waals surface area contributed by atoms with Crippen LogP contribution in [0.1, 0.15) is 18.7 Å². The lowest BCUT2D eigenvalue weighted by atomic mass is 10.4. The molecule has 1 atom stereocenters. The normalized spacial score (nSPS) is 13.4. The van der Waals surface area contributed by atoms with Crippen molar-refractivity contribution in [1.29, 1.82) is 0 Å². The minimum atomic E-state index is 0.554. The molecule has 108 valence electrons. The van der Waals surface area contributed by atoms with Gasteiger partial charge >= 0.3 is 0 Å². The highest BCUT2D eigenvalue weighted by molar-refractivity contribution is 9.11. The van der Waals surface area contributed by atoms with Gasteiger partial charge in [0.25, 0.3) is 0 Å². The van der Waals surface area contributed by atoms with Crippen LogP contribution >= 0.6 is 39.0 Å². The lowest BCUT2D eigenvalue weighted by Crippen LogP contribution is -2.38. The highest BCUT2D eigenvalue weighted by Crippen LogP contribution is 2.22. The summed E-state index contributed by atoms with van der Waals surface area (Å²) < 4.78 is 1.17. The third-order valence-corrected chi connectivity index (χ3v) is 5.18. The Bertz CT molecular complexity index is 406. The number of hydrogen-bond donors (Lipinski definition) is 1. The van der Waals surface area contributed by atoms with Gasteiger partial charge in [-0.05, 0) is 41.2 Å². The van der Waals surface area contributed by atoms with Crippen molar-refractivity contribution >= 4 is 45.0 Å². The zero-order valence-corrected chi connectivity index (χ0v) is 15.2. The SMILES string of the molecule is CCNC(=NCC(C)SC)N(C)Cc1ccc(Br)s1. The Morgan fingerprint density at radius 3 is 2.84 bits per heavy atom. The van der Waals surface area contributed by atoms with Crippen LogP contribution in [0.15, 0.2) is 20.9 Å². The van der Waals surface area contributed by atoms with Crippen molar-refractivity contribution in [1.82, 2.24) is 10.2 Å². The van der Waals surface area contributed by atoms with Gasteiger partial charge in [-0.25, -0.2) is 0 Å². The van der Waals surface area contributed by atoms with E-state index in [1.807, 2.05) is 11.8 Å². The molecule has 1 N–H and O–H groups in total. The number of thiophene rings is 1. The van der Waals surface area contributed by atoms with Crippen LogP contribution in [0, 0.1) is 0 Å². The maximum Gasteiger partial charge on any atom is 0.194 e. The summed E-state index contributed by atoms with van der Waals surface area (Å²) in [5.74, 6) is 0.980. The van der Waals surface area contributed by atoms with Gasteiger partial charge in [0.1, 0.15) is 0 Å². The molecule has 6 heteroatoms. The first-order chi connectivity index (χ1) is 9.06. The molecule has 0 radical (unpaired) electrons. The molecule has 0 spiro atoms. The summed E-state index contributed by atoms with van der Waals surface area (Å²) in [7, 11) is 2.08. The summed E-state index contributed by atoms with van der Waals surface area (Å²) in [5.41, 5.74) is 0.